The molecule has 0 saturated carbocycles. The molecule has 0 heterocycles. The van der Waals surface area contributed by atoms with Crippen LogP contribution >= 0.6 is 0 Å². The van der Waals surface area contributed by atoms with Gasteiger partial charge in [-0.2, -0.15) is 0 Å². The highest BCUT2D eigenvalue weighted by Gasteiger charge is 2.32. The molecule has 6 N–H and O–H groups in total. The van der Waals surface area contributed by atoms with E-state index in [1.54, 1.807) is 146 Å². The molecule has 0 unspecified atom stereocenters. The first-order valence-corrected chi connectivity index (χ1v) is 34.0. The summed E-state index contributed by atoms with van der Waals surface area (Å²) < 4.78 is 55.4. The highest BCUT2D eigenvalue weighted by Crippen LogP contribution is 2.32. The van der Waals surface area contributed by atoms with Crippen LogP contribution in [0.1, 0.15) is 197 Å². The molecule has 6 aromatic carbocycles. The smallest absolute Gasteiger partial charge is 0.223 e. The number of rotatable bonds is 43. The van der Waals surface area contributed by atoms with Gasteiger partial charge in [0.2, 0.25) is 9.76 Å². The van der Waals surface area contributed by atoms with Gasteiger partial charge in [-0.15, -0.1) is 0 Å². The van der Waals surface area contributed by atoms with E-state index in [4.69, 9.17) is 42.3 Å². The summed E-state index contributed by atoms with van der Waals surface area (Å²) in [5, 5.41) is 62.1. The number of carbonyl (C=O) groups is 6. The third-order valence-corrected chi connectivity index (χ3v) is 16.7. The maximum Gasteiger partial charge on any atom is 0.223 e. The van der Waals surface area contributed by atoms with Gasteiger partial charge in [0.1, 0.15) is 51.9 Å². The van der Waals surface area contributed by atoms with Crippen molar-refractivity contribution < 1.29 is 102 Å². The molecule has 0 amide bonds. The Hall–Kier alpha value is -7.04. The quantitative estimate of drug-likeness (QED) is 0.00903. The van der Waals surface area contributed by atoms with Gasteiger partial charge >= 0.3 is 0 Å². The zero-order valence-electron chi connectivity index (χ0n) is 58.2. The maximum absolute atomic E-state index is 12.8. The van der Waals surface area contributed by atoms with Gasteiger partial charge in [0.15, 0.2) is 40.6 Å². The maximum atomic E-state index is 12.8. The van der Waals surface area contributed by atoms with Gasteiger partial charge in [0, 0.05) is 33.4 Å². The van der Waals surface area contributed by atoms with Crippen molar-refractivity contribution in [3.05, 3.63) is 212 Å². The molecule has 6 rings (SSSR count). The minimum absolute atomic E-state index is 0.111. The van der Waals surface area contributed by atoms with Crippen molar-refractivity contribution in [2.24, 2.45) is 0 Å². The van der Waals surface area contributed by atoms with Crippen LogP contribution in [0.4, 0.5) is 0 Å². The zero-order valence-corrected chi connectivity index (χ0v) is 59.6. The largest absolute Gasteiger partial charge is 0.416 e. The van der Waals surface area contributed by atoms with Crippen molar-refractivity contribution in [2.45, 2.75) is 141 Å². The molecule has 0 spiro atoms. The zero-order chi connectivity index (χ0) is 72.2. The second-order valence-electron chi connectivity index (χ2n) is 26.9. The molecule has 0 aromatic heterocycles. The van der Waals surface area contributed by atoms with E-state index in [1.165, 1.54) is 83.1 Å². The van der Waals surface area contributed by atoms with Crippen molar-refractivity contribution in [3.8, 4) is 0 Å². The predicted molar refractivity (Wildman–Crippen MR) is 368 cm³/mol. The van der Waals surface area contributed by atoms with E-state index in [2.05, 4.69) is 0 Å². The molecule has 0 saturated heterocycles. The van der Waals surface area contributed by atoms with E-state index in [-0.39, 0.29) is 79.3 Å². The van der Waals surface area contributed by atoms with E-state index in [1.807, 2.05) is 0 Å². The molecule has 530 valence electrons. The van der Waals surface area contributed by atoms with Crippen LogP contribution in [-0.4, -0.2) is 194 Å². The SMILES string of the molecule is CC(C)(O)C(=O)c1ccc(C(OCCOCCO[SiH2]C(OCCOCCOC(c2ccc(C(=O)C(C)(C)O)cc2)c2ccc(C(=O)C(C)(C)O)cc2)OCCOCCOC(c2ccc(C(=O)C(C)(C)O)cc2)c2ccc(C(=O)C(C)(C)O)cc2)c2ccc(C(=O)C(C)(C)O)cc2)cc1. The summed E-state index contributed by atoms with van der Waals surface area (Å²) in [5.74, 6) is -3.42. The average molecular weight is 1370 g/mol. The van der Waals surface area contributed by atoms with Crippen molar-refractivity contribution in [1.29, 1.82) is 0 Å². The number of Topliss-reactive ketones (excluding diaryl/α,β-unsaturated/α-hetero) is 6. The number of hydrogen-bond acceptors (Lipinski definition) is 21. The van der Waals surface area contributed by atoms with Crippen LogP contribution < -0.4 is 0 Å². The summed E-state index contributed by atoms with van der Waals surface area (Å²) in [6.45, 7) is 18.8. The molecule has 22 heteroatoms. The fourth-order valence-electron chi connectivity index (χ4n) is 10.0. The lowest BCUT2D eigenvalue weighted by Gasteiger charge is -2.22. The molecule has 0 aliphatic rings. The summed E-state index contributed by atoms with van der Waals surface area (Å²) in [4.78, 5) is 77.0. The highest BCUT2D eigenvalue weighted by atomic mass is 28.2. The van der Waals surface area contributed by atoms with Crippen molar-refractivity contribution in [1.82, 2.24) is 0 Å². The van der Waals surface area contributed by atoms with E-state index < -0.39 is 102 Å². The Labute approximate surface area is 576 Å². The Kier molecular flexibility index (Phi) is 29.2. The number of aliphatic hydroxyl groups is 6. The lowest BCUT2D eigenvalue weighted by molar-refractivity contribution is -0.122. The average Bonchev–Trinajstić information content (AvgIpc) is 0.826. The number of ketones is 6. The molecular weight excluding hydrogens is 1280 g/mol. The predicted octanol–water partition coefficient (Wildman–Crippen LogP) is 8.59. The number of benzene rings is 6. The van der Waals surface area contributed by atoms with Crippen LogP contribution in [0.15, 0.2) is 146 Å². The highest BCUT2D eigenvalue weighted by molar-refractivity contribution is 6.28. The summed E-state index contributed by atoms with van der Waals surface area (Å²) in [6, 6.07) is 40.2. The molecule has 0 atom stereocenters. The Bertz CT molecular complexity index is 3160. The van der Waals surface area contributed by atoms with Gasteiger partial charge < -0.3 is 73.0 Å². The van der Waals surface area contributed by atoms with E-state index in [0.717, 1.165) is 0 Å². The normalized spacial score (nSPS) is 12.8. The van der Waals surface area contributed by atoms with Gasteiger partial charge in [-0.3, -0.25) is 28.8 Å². The van der Waals surface area contributed by atoms with Gasteiger partial charge in [-0.25, -0.2) is 0 Å². The van der Waals surface area contributed by atoms with E-state index >= 15 is 0 Å². The van der Waals surface area contributed by atoms with E-state index in [9.17, 15) is 59.4 Å². The van der Waals surface area contributed by atoms with Crippen molar-refractivity contribution in [3.63, 3.8) is 0 Å². The van der Waals surface area contributed by atoms with Crippen LogP contribution in [0.2, 0.25) is 0 Å². The minimum Gasteiger partial charge on any atom is -0.416 e. The Morgan fingerprint density at radius 2 is 0.429 bits per heavy atom. The van der Waals surface area contributed by atoms with Crippen molar-refractivity contribution >= 4 is 44.5 Å². The molecule has 0 aliphatic carbocycles. The van der Waals surface area contributed by atoms with Crippen LogP contribution in [0.5, 0.6) is 0 Å². The molecule has 0 bridgehead atoms. The lowest BCUT2D eigenvalue weighted by atomic mass is 9.92. The molecule has 0 radical (unpaired) electrons. The van der Waals surface area contributed by atoms with Gasteiger partial charge in [-0.05, 0) is 116 Å². The van der Waals surface area contributed by atoms with Crippen LogP contribution in [0.3, 0.4) is 0 Å². The lowest BCUT2D eigenvalue weighted by Crippen LogP contribution is -2.31. The second-order valence-corrected chi connectivity index (χ2v) is 28.3. The number of ether oxygens (including phenoxy) is 8. The molecule has 0 fully saturated rings. The van der Waals surface area contributed by atoms with Gasteiger partial charge in [0.05, 0.1) is 79.3 Å². The molecule has 6 aromatic rings. The Balaban J connectivity index is 1.06. The standard InChI is InChI=1S/C76H96O21Si/c1-71(2,83)64(77)55-25-13-49(14-26-55)61(50-15-27-56(28-16-50)65(78)72(3,4)84)92-43-37-89-40-46-95-70(96-47-41-90-38-44-93-62(51-17-29-57(30-18-51)66(79)73(5,6)85)52-19-31-58(32-20-52)67(80)74(7,8)86)98-97-48-42-91-39-45-94-63(53-21-33-59(34-22-53)68(81)75(9,10)87)54-23-35-60(36-24-54)69(82)76(11,12)88/h13-36,61-63,70,83-88H,37-48,98H2,1-12H3. The van der Waals surface area contributed by atoms with Gasteiger partial charge in [0.25, 0.3) is 0 Å². The molecule has 98 heavy (non-hydrogen) atoms. The first-order valence-electron chi connectivity index (χ1n) is 32.6. The molecule has 21 nitrogen and oxygen atoms in total. The summed E-state index contributed by atoms with van der Waals surface area (Å²) in [5.41, 5.74) is -3.35. The monoisotopic (exact) mass is 1370 g/mol. The van der Waals surface area contributed by atoms with Gasteiger partial charge in [-0.1, -0.05) is 146 Å². The van der Waals surface area contributed by atoms with Crippen LogP contribution in [0.25, 0.3) is 0 Å². The fraction of sp³-hybridized carbons (Fsp3) is 0.447. The molecule has 0 aliphatic heterocycles. The Morgan fingerprint density at radius 3 is 0.602 bits per heavy atom. The number of hydrogen-bond donors (Lipinski definition) is 6. The first kappa shape index (κ1) is 79.9. The number of carbonyl (C=O) groups excluding carboxylic acids is 6. The summed E-state index contributed by atoms with van der Waals surface area (Å²) >= 11 is 0. The third-order valence-electron chi connectivity index (χ3n) is 15.4. The van der Waals surface area contributed by atoms with E-state index in [0.29, 0.717) is 66.8 Å². The van der Waals surface area contributed by atoms with Crippen LogP contribution in [-0.2, 0) is 42.3 Å². The summed E-state index contributed by atoms with van der Waals surface area (Å²) in [6.07, 6.45) is -1.95. The molecular formula is C76H96O21Si. The van der Waals surface area contributed by atoms with Crippen LogP contribution in [0, 0.1) is 0 Å². The minimum atomic E-state index is -1.58. The summed E-state index contributed by atoms with van der Waals surface area (Å²) in [7, 11) is -1.56. The third kappa shape index (κ3) is 24.4. The van der Waals surface area contributed by atoms with Crippen molar-refractivity contribution in [2.75, 3.05) is 79.3 Å². The Morgan fingerprint density at radius 1 is 0.265 bits per heavy atom. The second kappa shape index (κ2) is 35.8. The fourth-order valence-corrected chi connectivity index (χ4v) is 11.0. The first-order chi connectivity index (χ1) is 45.9. The topological polar surface area (TPSA) is 307 Å².